The van der Waals surface area contributed by atoms with Crippen LogP contribution in [0.1, 0.15) is 74.8 Å². The maximum absolute atomic E-state index is 12.6. The second kappa shape index (κ2) is 8.85. The number of carbonyl (C=O) groups excluding carboxylic acids is 1. The van der Waals surface area contributed by atoms with E-state index in [1.54, 1.807) is 6.08 Å². The third-order valence-electron chi connectivity index (χ3n) is 5.91. The smallest absolute Gasteiger partial charge is 0.244 e. The number of rotatable bonds is 5. The van der Waals surface area contributed by atoms with Gasteiger partial charge in [-0.3, -0.25) is 4.79 Å². The van der Waals surface area contributed by atoms with Gasteiger partial charge in [0.15, 0.2) is 0 Å². The van der Waals surface area contributed by atoms with Crippen LogP contribution in [0.5, 0.6) is 5.75 Å². The summed E-state index contributed by atoms with van der Waals surface area (Å²) in [6, 6.07) is 2.40. The summed E-state index contributed by atoms with van der Waals surface area (Å²) in [6.07, 6.45) is 8.86. The number of benzene rings is 1. The van der Waals surface area contributed by atoms with E-state index in [0.29, 0.717) is 12.6 Å². The molecule has 0 atom stereocenters. The molecule has 0 bridgehead atoms. The van der Waals surface area contributed by atoms with Crippen molar-refractivity contribution in [3.05, 3.63) is 34.6 Å². The Bertz CT molecular complexity index is 883. The number of hydrogen-bond donors (Lipinski definition) is 1. The molecule has 28 heavy (non-hydrogen) atoms. The lowest BCUT2D eigenvalue weighted by atomic mass is 9.98. The maximum atomic E-state index is 12.6. The van der Waals surface area contributed by atoms with Gasteiger partial charge in [-0.25, -0.2) is 0 Å². The van der Waals surface area contributed by atoms with Crippen molar-refractivity contribution in [2.75, 3.05) is 6.61 Å². The van der Waals surface area contributed by atoms with Crippen molar-refractivity contribution in [1.82, 2.24) is 5.32 Å². The Hall–Kier alpha value is -2.23. The van der Waals surface area contributed by atoms with E-state index in [-0.39, 0.29) is 5.91 Å². The van der Waals surface area contributed by atoms with Crippen molar-refractivity contribution >= 4 is 22.4 Å². The molecule has 0 saturated heterocycles. The molecule has 1 aliphatic carbocycles. The zero-order valence-electron chi connectivity index (χ0n) is 17.9. The van der Waals surface area contributed by atoms with Crippen LogP contribution in [0.15, 0.2) is 16.6 Å². The van der Waals surface area contributed by atoms with E-state index in [1.165, 1.54) is 25.7 Å². The van der Waals surface area contributed by atoms with Gasteiger partial charge < -0.3 is 14.5 Å². The second-order valence-electron chi connectivity index (χ2n) is 8.00. The summed E-state index contributed by atoms with van der Waals surface area (Å²) in [4.78, 5) is 12.6. The SMILES string of the molecule is CCOc1c(/C(C)=C/C(=O)NC2CCCCCC2)cc2c(C)c(C)oc2c1C. The lowest BCUT2D eigenvalue weighted by molar-refractivity contribution is -0.117. The Morgan fingerprint density at radius 1 is 1.18 bits per heavy atom. The standard InChI is InChI=1S/C24H33NO3/c1-6-27-23-17(4)24-21(16(3)18(5)28-24)14-20(23)15(2)13-22(26)25-19-11-9-7-8-10-12-19/h13-14,19H,6-12H2,1-5H3,(H,25,26)/b15-13+. The molecule has 0 spiro atoms. The van der Waals surface area contributed by atoms with E-state index in [4.69, 9.17) is 9.15 Å². The van der Waals surface area contributed by atoms with Crippen LogP contribution in [0.4, 0.5) is 0 Å². The Labute approximate surface area is 168 Å². The molecule has 0 radical (unpaired) electrons. The van der Waals surface area contributed by atoms with Crippen molar-refractivity contribution in [3.8, 4) is 5.75 Å². The van der Waals surface area contributed by atoms with Gasteiger partial charge in [-0.15, -0.1) is 0 Å². The number of hydrogen-bond acceptors (Lipinski definition) is 3. The van der Waals surface area contributed by atoms with Crippen LogP contribution in [0, 0.1) is 20.8 Å². The van der Waals surface area contributed by atoms with E-state index in [9.17, 15) is 4.79 Å². The number of nitrogens with one attached hydrogen (secondary N) is 1. The molecule has 1 aromatic heterocycles. The molecule has 1 fully saturated rings. The van der Waals surface area contributed by atoms with Crippen molar-refractivity contribution in [3.63, 3.8) is 0 Å². The Kier molecular flexibility index (Phi) is 6.48. The molecule has 1 aliphatic rings. The van der Waals surface area contributed by atoms with Gasteiger partial charge in [-0.2, -0.15) is 0 Å². The number of furan rings is 1. The van der Waals surface area contributed by atoms with Gasteiger partial charge in [-0.05, 0) is 64.7 Å². The lowest BCUT2D eigenvalue weighted by Crippen LogP contribution is -2.33. The van der Waals surface area contributed by atoms with E-state index in [2.05, 4.69) is 18.3 Å². The zero-order valence-corrected chi connectivity index (χ0v) is 17.9. The van der Waals surface area contributed by atoms with Crippen LogP contribution in [-0.2, 0) is 4.79 Å². The summed E-state index contributed by atoms with van der Waals surface area (Å²) in [5.74, 6) is 1.72. The van der Waals surface area contributed by atoms with E-state index in [0.717, 1.165) is 57.6 Å². The fraction of sp³-hybridized carbons (Fsp3) is 0.542. The first-order valence-corrected chi connectivity index (χ1v) is 10.6. The first-order chi connectivity index (χ1) is 13.4. The van der Waals surface area contributed by atoms with Gasteiger partial charge in [0.1, 0.15) is 17.1 Å². The Balaban J connectivity index is 1.93. The van der Waals surface area contributed by atoms with E-state index >= 15 is 0 Å². The summed E-state index contributed by atoms with van der Waals surface area (Å²) < 4.78 is 11.9. The van der Waals surface area contributed by atoms with Crippen LogP contribution < -0.4 is 10.1 Å². The first kappa shape index (κ1) is 20.5. The molecule has 2 aromatic rings. The maximum Gasteiger partial charge on any atom is 0.244 e. The first-order valence-electron chi connectivity index (χ1n) is 10.6. The molecule has 152 valence electrons. The molecule has 0 unspecified atom stereocenters. The largest absolute Gasteiger partial charge is 0.493 e. The van der Waals surface area contributed by atoms with Gasteiger partial charge in [0, 0.05) is 28.6 Å². The topological polar surface area (TPSA) is 51.5 Å². The minimum Gasteiger partial charge on any atom is -0.493 e. The van der Waals surface area contributed by atoms with Crippen LogP contribution in [0.2, 0.25) is 0 Å². The summed E-state index contributed by atoms with van der Waals surface area (Å²) in [6.45, 7) is 10.6. The number of amides is 1. The van der Waals surface area contributed by atoms with Crippen molar-refractivity contribution < 1.29 is 13.9 Å². The predicted octanol–water partition coefficient (Wildman–Crippen LogP) is 6.00. The van der Waals surface area contributed by atoms with Gasteiger partial charge in [-0.1, -0.05) is 25.7 Å². The molecule has 4 nitrogen and oxygen atoms in total. The monoisotopic (exact) mass is 383 g/mol. The molecular formula is C24H33NO3. The van der Waals surface area contributed by atoms with E-state index in [1.807, 2.05) is 27.7 Å². The fourth-order valence-corrected chi connectivity index (χ4v) is 4.18. The van der Waals surface area contributed by atoms with E-state index < -0.39 is 0 Å². The molecule has 4 heteroatoms. The fourth-order valence-electron chi connectivity index (χ4n) is 4.18. The van der Waals surface area contributed by atoms with Crippen LogP contribution in [0.25, 0.3) is 16.5 Å². The van der Waals surface area contributed by atoms with Crippen LogP contribution >= 0.6 is 0 Å². The van der Waals surface area contributed by atoms with Gasteiger partial charge in [0.2, 0.25) is 5.91 Å². The highest BCUT2D eigenvalue weighted by Gasteiger charge is 2.19. The van der Waals surface area contributed by atoms with Crippen LogP contribution in [-0.4, -0.2) is 18.6 Å². The third-order valence-corrected chi connectivity index (χ3v) is 5.91. The molecule has 1 amide bonds. The molecular weight excluding hydrogens is 350 g/mol. The molecule has 1 N–H and O–H groups in total. The zero-order chi connectivity index (χ0) is 20.3. The lowest BCUT2D eigenvalue weighted by Gasteiger charge is -2.16. The number of fused-ring (bicyclic) bond motifs is 1. The van der Waals surface area contributed by atoms with Gasteiger partial charge >= 0.3 is 0 Å². The highest BCUT2D eigenvalue weighted by Crippen LogP contribution is 2.38. The summed E-state index contributed by atoms with van der Waals surface area (Å²) >= 11 is 0. The number of aryl methyl sites for hydroxylation is 3. The average Bonchev–Trinajstić information content (AvgIpc) is 2.82. The highest BCUT2D eigenvalue weighted by atomic mass is 16.5. The average molecular weight is 384 g/mol. The minimum atomic E-state index is -0.00954. The highest BCUT2D eigenvalue weighted by molar-refractivity contribution is 5.98. The van der Waals surface area contributed by atoms with Gasteiger partial charge in [0.05, 0.1) is 6.61 Å². The normalized spacial score (nSPS) is 16.2. The van der Waals surface area contributed by atoms with Crippen molar-refractivity contribution in [1.29, 1.82) is 0 Å². The molecule has 3 rings (SSSR count). The predicted molar refractivity (Wildman–Crippen MR) is 115 cm³/mol. The Morgan fingerprint density at radius 3 is 2.50 bits per heavy atom. The number of carbonyl (C=O) groups is 1. The molecule has 1 heterocycles. The quantitative estimate of drug-likeness (QED) is 0.509. The Morgan fingerprint density at radius 2 is 1.86 bits per heavy atom. The number of allylic oxidation sites excluding steroid dienone is 1. The molecule has 1 aromatic carbocycles. The number of ether oxygens (including phenoxy) is 1. The van der Waals surface area contributed by atoms with Crippen LogP contribution in [0.3, 0.4) is 0 Å². The summed E-state index contributed by atoms with van der Waals surface area (Å²) in [7, 11) is 0. The van der Waals surface area contributed by atoms with Gasteiger partial charge in [0.25, 0.3) is 0 Å². The summed E-state index contributed by atoms with van der Waals surface area (Å²) in [5.41, 5.74) is 4.88. The minimum absolute atomic E-state index is 0.00954. The molecule has 1 saturated carbocycles. The third kappa shape index (κ3) is 4.26. The second-order valence-corrected chi connectivity index (χ2v) is 8.00. The van der Waals surface area contributed by atoms with Crippen molar-refractivity contribution in [2.24, 2.45) is 0 Å². The van der Waals surface area contributed by atoms with Crippen molar-refractivity contribution in [2.45, 2.75) is 79.2 Å². The summed E-state index contributed by atoms with van der Waals surface area (Å²) in [5, 5.41) is 4.29. The molecule has 0 aliphatic heterocycles.